The zero-order valence-corrected chi connectivity index (χ0v) is 17.5. The van der Waals surface area contributed by atoms with Gasteiger partial charge >= 0.3 is 0 Å². The van der Waals surface area contributed by atoms with Gasteiger partial charge in [-0.15, -0.1) is 0 Å². The van der Waals surface area contributed by atoms with E-state index in [1.54, 1.807) is 0 Å². The maximum Gasteiger partial charge on any atom is 0.132 e. The maximum atomic E-state index is 6.35. The summed E-state index contributed by atoms with van der Waals surface area (Å²) in [5.41, 5.74) is 4.81. The molecule has 0 aliphatic carbocycles. The molecule has 0 bridgehead atoms. The first-order valence-electron chi connectivity index (χ1n) is 10.8. The van der Waals surface area contributed by atoms with Crippen molar-refractivity contribution in [3.63, 3.8) is 0 Å². The molecule has 0 spiro atoms. The molecule has 1 aliphatic heterocycles. The Hall–Kier alpha value is -3.72. The maximum absolute atomic E-state index is 6.35. The fraction of sp³-hybridized carbons (Fsp3) is 0.143. The highest BCUT2D eigenvalue weighted by molar-refractivity contribution is 5.60. The van der Waals surface area contributed by atoms with E-state index >= 15 is 0 Å². The van der Waals surface area contributed by atoms with E-state index in [9.17, 15) is 0 Å². The second kappa shape index (κ2) is 8.97. The number of hydrogen-bond donors (Lipinski definition) is 0. The summed E-state index contributed by atoms with van der Waals surface area (Å²) < 4.78 is 6.35. The van der Waals surface area contributed by atoms with Crippen molar-refractivity contribution in [2.75, 3.05) is 22.9 Å². The molecule has 0 amide bonds. The van der Waals surface area contributed by atoms with Crippen molar-refractivity contribution in [3.8, 4) is 5.75 Å². The Morgan fingerprint density at radius 2 is 1.06 bits per heavy atom. The number of para-hydroxylation sites is 3. The minimum atomic E-state index is 0.0665. The molecule has 4 aromatic rings. The first kappa shape index (κ1) is 19.3. The van der Waals surface area contributed by atoms with Gasteiger partial charge in [0.1, 0.15) is 18.5 Å². The molecule has 1 heterocycles. The van der Waals surface area contributed by atoms with Crippen LogP contribution in [0.3, 0.4) is 0 Å². The number of hydrogen-bond acceptors (Lipinski definition) is 3. The predicted molar refractivity (Wildman–Crippen MR) is 128 cm³/mol. The lowest BCUT2D eigenvalue weighted by molar-refractivity contribution is 0.301. The SMILES string of the molecule is c1ccc(COc2ccccc2C2N(c3ccccc3)CCN2c2ccccc2)cc1. The number of rotatable bonds is 6. The highest BCUT2D eigenvalue weighted by Gasteiger charge is 2.35. The topological polar surface area (TPSA) is 15.7 Å². The van der Waals surface area contributed by atoms with Crippen molar-refractivity contribution in [3.05, 3.63) is 126 Å². The van der Waals surface area contributed by atoms with Gasteiger partial charge in [-0.1, -0.05) is 84.9 Å². The number of benzene rings is 4. The summed E-state index contributed by atoms with van der Waals surface area (Å²) in [6, 6.07) is 40.1. The van der Waals surface area contributed by atoms with Gasteiger partial charge < -0.3 is 14.5 Å². The molecule has 3 nitrogen and oxygen atoms in total. The largest absolute Gasteiger partial charge is 0.488 e. The summed E-state index contributed by atoms with van der Waals surface area (Å²) in [6.45, 7) is 2.47. The van der Waals surface area contributed by atoms with Gasteiger partial charge in [0.05, 0.1) is 0 Å². The van der Waals surface area contributed by atoms with E-state index in [-0.39, 0.29) is 6.17 Å². The molecule has 0 saturated carbocycles. The Kier molecular flexibility index (Phi) is 5.57. The van der Waals surface area contributed by atoms with Crippen molar-refractivity contribution in [2.24, 2.45) is 0 Å². The molecule has 0 N–H and O–H groups in total. The molecule has 0 radical (unpaired) electrons. The predicted octanol–water partition coefficient (Wildman–Crippen LogP) is 6.29. The van der Waals surface area contributed by atoms with Crippen molar-refractivity contribution < 1.29 is 4.74 Å². The molecule has 1 aliphatic rings. The van der Waals surface area contributed by atoms with Crippen LogP contribution < -0.4 is 14.5 Å². The van der Waals surface area contributed by atoms with Crippen LogP contribution >= 0.6 is 0 Å². The van der Waals surface area contributed by atoms with E-state index < -0.39 is 0 Å². The van der Waals surface area contributed by atoms with Gasteiger partial charge in [0, 0.05) is 30.0 Å². The van der Waals surface area contributed by atoms with E-state index in [1.807, 2.05) is 6.07 Å². The van der Waals surface area contributed by atoms with Crippen LogP contribution in [0.5, 0.6) is 5.75 Å². The highest BCUT2D eigenvalue weighted by atomic mass is 16.5. The Labute approximate surface area is 184 Å². The van der Waals surface area contributed by atoms with Crippen LogP contribution in [0, 0.1) is 0 Å². The van der Waals surface area contributed by atoms with Crippen molar-refractivity contribution in [1.29, 1.82) is 0 Å². The summed E-state index contributed by atoms with van der Waals surface area (Å²) >= 11 is 0. The lowest BCUT2D eigenvalue weighted by Gasteiger charge is -2.34. The smallest absolute Gasteiger partial charge is 0.132 e. The fourth-order valence-electron chi connectivity index (χ4n) is 4.30. The van der Waals surface area contributed by atoms with Crippen LogP contribution in [0.1, 0.15) is 17.3 Å². The Morgan fingerprint density at radius 1 is 0.581 bits per heavy atom. The molecular formula is C28H26N2O. The average molecular weight is 407 g/mol. The zero-order valence-electron chi connectivity index (χ0n) is 17.5. The molecule has 31 heavy (non-hydrogen) atoms. The standard InChI is InChI=1S/C28H26N2O/c1-4-12-23(13-5-1)22-31-27-19-11-10-18-26(27)28-29(24-14-6-2-7-15-24)20-21-30(28)25-16-8-3-9-17-25/h1-19,28H,20-22H2. The first-order valence-corrected chi connectivity index (χ1v) is 10.8. The van der Waals surface area contributed by atoms with E-state index in [1.165, 1.54) is 22.5 Å². The van der Waals surface area contributed by atoms with Crippen LogP contribution in [0.15, 0.2) is 115 Å². The first-order chi connectivity index (χ1) is 15.4. The third-order valence-corrected chi connectivity index (χ3v) is 5.78. The summed E-state index contributed by atoms with van der Waals surface area (Å²) in [5.74, 6) is 0.931. The van der Waals surface area contributed by atoms with Crippen LogP contribution in [0.4, 0.5) is 11.4 Å². The fourth-order valence-corrected chi connectivity index (χ4v) is 4.30. The Morgan fingerprint density at radius 3 is 1.65 bits per heavy atom. The molecule has 5 rings (SSSR count). The minimum absolute atomic E-state index is 0.0665. The average Bonchev–Trinajstić information content (AvgIpc) is 3.30. The molecule has 3 heteroatoms. The Balaban J connectivity index is 1.52. The Bertz CT molecular complexity index is 1050. The monoisotopic (exact) mass is 406 g/mol. The van der Waals surface area contributed by atoms with Crippen LogP contribution in [0.2, 0.25) is 0 Å². The van der Waals surface area contributed by atoms with Crippen LogP contribution in [0.25, 0.3) is 0 Å². The molecule has 4 aromatic carbocycles. The van der Waals surface area contributed by atoms with Crippen molar-refractivity contribution in [2.45, 2.75) is 12.8 Å². The molecule has 0 aromatic heterocycles. The van der Waals surface area contributed by atoms with Gasteiger partial charge in [0.15, 0.2) is 0 Å². The quantitative estimate of drug-likeness (QED) is 0.374. The number of nitrogens with zero attached hydrogens (tertiary/aromatic N) is 2. The third kappa shape index (κ3) is 4.13. The van der Waals surface area contributed by atoms with E-state index in [0.29, 0.717) is 6.61 Å². The van der Waals surface area contributed by atoms with Crippen LogP contribution in [-0.2, 0) is 6.61 Å². The molecule has 154 valence electrons. The molecule has 1 fully saturated rings. The number of anilines is 2. The second-order valence-electron chi connectivity index (χ2n) is 7.74. The normalized spacial score (nSPS) is 14.1. The van der Waals surface area contributed by atoms with Gasteiger partial charge in [-0.2, -0.15) is 0 Å². The third-order valence-electron chi connectivity index (χ3n) is 5.78. The van der Waals surface area contributed by atoms with Crippen molar-refractivity contribution >= 4 is 11.4 Å². The highest BCUT2D eigenvalue weighted by Crippen LogP contribution is 2.41. The van der Waals surface area contributed by atoms with Gasteiger partial charge in [-0.3, -0.25) is 0 Å². The van der Waals surface area contributed by atoms with Gasteiger partial charge in [-0.25, -0.2) is 0 Å². The molecule has 0 atom stereocenters. The molecule has 1 saturated heterocycles. The minimum Gasteiger partial charge on any atom is -0.488 e. The molecule has 0 unspecified atom stereocenters. The van der Waals surface area contributed by atoms with E-state index in [4.69, 9.17) is 4.74 Å². The van der Waals surface area contributed by atoms with Gasteiger partial charge in [0.25, 0.3) is 0 Å². The summed E-state index contributed by atoms with van der Waals surface area (Å²) in [7, 11) is 0. The van der Waals surface area contributed by atoms with Gasteiger partial charge in [0.2, 0.25) is 0 Å². The number of ether oxygens (including phenoxy) is 1. The lowest BCUT2D eigenvalue weighted by atomic mass is 10.1. The van der Waals surface area contributed by atoms with E-state index in [0.717, 1.165) is 18.8 Å². The second-order valence-corrected chi connectivity index (χ2v) is 7.74. The summed E-state index contributed by atoms with van der Waals surface area (Å²) in [5, 5.41) is 0. The van der Waals surface area contributed by atoms with E-state index in [2.05, 4.69) is 119 Å². The zero-order chi connectivity index (χ0) is 20.9. The van der Waals surface area contributed by atoms with Gasteiger partial charge in [-0.05, 0) is 35.9 Å². The summed E-state index contributed by atoms with van der Waals surface area (Å²) in [6.07, 6.45) is 0.0665. The molecular weight excluding hydrogens is 380 g/mol. The summed E-state index contributed by atoms with van der Waals surface area (Å²) in [4.78, 5) is 4.94. The van der Waals surface area contributed by atoms with Crippen LogP contribution in [-0.4, -0.2) is 13.1 Å². The lowest BCUT2D eigenvalue weighted by Crippen LogP contribution is -2.31. The van der Waals surface area contributed by atoms with Crippen molar-refractivity contribution in [1.82, 2.24) is 0 Å².